The number of piperidine rings is 2. The number of hydrogen-bond acceptors (Lipinski definition) is 4. The number of urea groups is 1. The van der Waals surface area contributed by atoms with Crippen molar-refractivity contribution in [3.8, 4) is 0 Å². The Balaban J connectivity index is 1.56. The Kier molecular flexibility index (Phi) is 5.73. The molecule has 144 valence electrons. The van der Waals surface area contributed by atoms with Gasteiger partial charge in [-0.25, -0.2) is 18.6 Å². The zero-order valence-corrected chi connectivity index (χ0v) is 14.9. The monoisotopic (exact) mass is 369 g/mol. The van der Waals surface area contributed by atoms with E-state index in [1.165, 1.54) is 4.57 Å². The van der Waals surface area contributed by atoms with E-state index in [1.807, 2.05) is 4.90 Å². The van der Waals surface area contributed by atoms with Crippen LogP contribution in [-0.4, -0.2) is 59.1 Å². The van der Waals surface area contributed by atoms with Gasteiger partial charge in [0.2, 0.25) is 6.43 Å². The van der Waals surface area contributed by atoms with Crippen LogP contribution in [-0.2, 0) is 7.05 Å². The highest BCUT2D eigenvalue weighted by Gasteiger charge is 2.30. The van der Waals surface area contributed by atoms with Gasteiger partial charge in [-0.2, -0.15) is 0 Å². The summed E-state index contributed by atoms with van der Waals surface area (Å²) in [4.78, 5) is 32.4. The average molecular weight is 369 g/mol. The fourth-order valence-electron chi connectivity index (χ4n) is 3.61. The number of alkyl halides is 2. The van der Waals surface area contributed by atoms with E-state index in [1.54, 1.807) is 24.3 Å². The normalized spacial score (nSPS) is 21.9. The predicted molar refractivity (Wildman–Crippen MR) is 93.5 cm³/mol. The molecule has 3 rings (SSSR count). The summed E-state index contributed by atoms with van der Waals surface area (Å²) in [5, 5.41) is 2.99. The molecule has 1 unspecified atom stereocenters. The number of aryl methyl sites for hydroxylation is 1. The van der Waals surface area contributed by atoms with Gasteiger partial charge in [0.05, 0.1) is 0 Å². The zero-order valence-electron chi connectivity index (χ0n) is 14.9. The molecule has 2 aliphatic heterocycles. The summed E-state index contributed by atoms with van der Waals surface area (Å²) in [7, 11) is 1.68. The van der Waals surface area contributed by atoms with E-state index in [9.17, 15) is 18.4 Å². The first-order valence-corrected chi connectivity index (χ1v) is 9.06. The van der Waals surface area contributed by atoms with Crippen molar-refractivity contribution in [2.75, 3.05) is 31.1 Å². The molecule has 2 saturated heterocycles. The number of carbonyl (C=O) groups excluding carboxylic acids is 1. The number of halogens is 2. The molecule has 9 heteroatoms. The van der Waals surface area contributed by atoms with E-state index in [2.05, 4.69) is 10.3 Å². The minimum Gasteiger partial charge on any atom is -0.350 e. The van der Waals surface area contributed by atoms with E-state index in [-0.39, 0.29) is 17.6 Å². The zero-order chi connectivity index (χ0) is 18.7. The number of likely N-dealkylation sites (tertiary alicyclic amines) is 1. The number of hydrogen-bond donors (Lipinski definition) is 1. The second-order valence-electron chi connectivity index (χ2n) is 7.06. The Morgan fingerprint density at radius 2 is 2.00 bits per heavy atom. The lowest BCUT2D eigenvalue weighted by molar-refractivity contribution is 0.0417. The molecule has 0 spiro atoms. The van der Waals surface area contributed by atoms with Gasteiger partial charge in [0.1, 0.15) is 0 Å². The van der Waals surface area contributed by atoms with Crippen LogP contribution in [0.5, 0.6) is 0 Å². The molecule has 0 bridgehead atoms. The van der Waals surface area contributed by atoms with Gasteiger partial charge < -0.3 is 19.7 Å². The van der Waals surface area contributed by atoms with Crippen molar-refractivity contribution in [3.63, 3.8) is 0 Å². The molecule has 26 heavy (non-hydrogen) atoms. The van der Waals surface area contributed by atoms with Gasteiger partial charge in [0, 0.05) is 57.6 Å². The molecule has 1 aromatic heterocycles. The number of nitrogens with zero attached hydrogens (tertiary/aromatic N) is 4. The van der Waals surface area contributed by atoms with Gasteiger partial charge >= 0.3 is 6.03 Å². The van der Waals surface area contributed by atoms with Gasteiger partial charge in [-0.15, -0.1) is 0 Å². The molecule has 0 radical (unpaired) electrons. The molecular weight excluding hydrogens is 344 g/mol. The Morgan fingerprint density at radius 1 is 1.27 bits per heavy atom. The Hall–Kier alpha value is -2.19. The van der Waals surface area contributed by atoms with Crippen LogP contribution in [0.2, 0.25) is 0 Å². The van der Waals surface area contributed by atoms with Crippen molar-refractivity contribution in [2.45, 2.75) is 38.2 Å². The summed E-state index contributed by atoms with van der Waals surface area (Å²) >= 11 is 0. The van der Waals surface area contributed by atoms with Crippen molar-refractivity contribution in [3.05, 3.63) is 22.7 Å². The van der Waals surface area contributed by atoms with Gasteiger partial charge in [-0.3, -0.25) is 4.79 Å². The van der Waals surface area contributed by atoms with E-state index in [0.29, 0.717) is 38.3 Å². The summed E-state index contributed by atoms with van der Waals surface area (Å²) in [6, 6.07) is -0.297. The molecule has 0 aliphatic carbocycles. The number of carbonyl (C=O) groups is 1. The molecule has 7 nitrogen and oxygen atoms in total. The van der Waals surface area contributed by atoms with Crippen LogP contribution in [0, 0.1) is 5.92 Å². The fraction of sp³-hybridized carbons (Fsp3) is 0.706. The van der Waals surface area contributed by atoms with Gasteiger partial charge in [0.15, 0.2) is 5.82 Å². The second kappa shape index (κ2) is 8.01. The first-order chi connectivity index (χ1) is 12.5. The quantitative estimate of drug-likeness (QED) is 0.875. The lowest BCUT2D eigenvalue weighted by Gasteiger charge is -2.36. The van der Waals surface area contributed by atoms with Gasteiger partial charge in [-0.1, -0.05) is 0 Å². The van der Waals surface area contributed by atoms with Crippen molar-refractivity contribution < 1.29 is 13.6 Å². The molecule has 3 heterocycles. The van der Waals surface area contributed by atoms with Crippen LogP contribution in [0.4, 0.5) is 19.4 Å². The number of anilines is 1. The van der Waals surface area contributed by atoms with Gasteiger partial charge in [-0.05, 0) is 25.7 Å². The minimum atomic E-state index is -2.31. The highest BCUT2D eigenvalue weighted by Crippen LogP contribution is 2.23. The molecule has 2 fully saturated rings. The molecular formula is C17H25F2N5O2. The van der Waals surface area contributed by atoms with E-state index in [4.69, 9.17) is 0 Å². The fourth-order valence-corrected chi connectivity index (χ4v) is 3.61. The molecule has 2 aliphatic rings. The number of rotatable bonds is 3. The van der Waals surface area contributed by atoms with Crippen LogP contribution >= 0.6 is 0 Å². The highest BCUT2D eigenvalue weighted by molar-refractivity contribution is 5.74. The minimum absolute atomic E-state index is 0.0872. The molecule has 1 aromatic rings. The third kappa shape index (κ3) is 4.13. The van der Waals surface area contributed by atoms with E-state index >= 15 is 0 Å². The maximum absolute atomic E-state index is 12.7. The topological polar surface area (TPSA) is 70.5 Å². The maximum Gasteiger partial charge on any atom is 0.317 e. The van der Waals surface area contributed by atoms with Crippen LogP contribution in [0.3, 0.4) is 0 Å². The molecule has 1 N–H and O–H groups in total. The Bertz CT molecular complexity index is 688. The Morgan fingerprint density at radius 3 is 2.69 bits per heavy atom. The summed E-state index contributed by atoms with van der Waals surface area (Å²) in [6.45, 7) is 1.96. The lowest BCUT2D eigenvalue weighted by Crippen LogP contribution is -2.54. The standard InChI is InChI=1S/C17H25F2N5O2/c1-22-10-6-20-15(16(22)25)24-7-2-3-13(11-24)21-17(26)23-8-4-12(5-9-23)14(18)19/h6,10,12-14H,2-5,7-9,11H2,1H3,(H,21,26). The number of aromatic nitrogens is 2. The predicted octanol–water partition coefficient (Wildman–Crippen LogP) is 1.44. The Labute approximate surface area is 151 Å². The summed E-state index contributed by atoms with van der Waals surface area (Å²) in [6.07, 6.45) is 3.23. The SMILES string of the molecule is Cn1ccnc(N2CCCC(NC(=O)N3CCC(C(F)F)CC3)C2)c1=O. The summed E-state index contributed by atoms with van der Waals surface area (Å²) in [5.74, 6) is -0.212. The second-order valence-corrected chi connectivity index (χ2v) is 7.06. The van der Waals surface area contributed by atoms with Crippen LogP contribution < -0.4 is 15.8 Å². The van der Waals surface area contributed by atoms with E-state index in [0.717, 1.165) is 19.4 Å². The molecule has 2 amide bonds. The highest BCUT2D eigenvalue weighted by atomic mass is 19.3. The maximum atomic E-state index is 12.7. The third-order valence-corrected chi connectivity index (χ3v) is 5.23. The van der Waals surface area contributed by atoms with Crippen molar-refractivity contribution in [2.24, 2.45) is 13.0 Å². The van der Waals surface area contributed by atoms with Crippen LogP contribution in [0.1, 0.15) is 25.7 Å². The van der Waals surface area contributed by atoms with Crippen molar-refractivity contribution in [1.82, 2.24) is 19.8 Å². The van der Waals surface area contributed by atoms with Crippen LogP contribution in [0.25, 0.3) is 0 Å². The number of nitrogens with one attached hydrogen (secondary N) is 1. The largest absolute Gasteiger partial charge is 0.350 e. The van der Waals surface area contributed by atoms with Crippen molar-refractivity contribution in [1.29, 1.82) is 0 Å². The van der Waals surface area contributed by atoms with E-state index < -0.39 is 12.3 Å². The molecule has 0 saturated carbocycles. The lowest BCUT2D eigenvalue weighted by atomic mass is 9.97. The van der Waals surface area contributed by atoms with Crippen molar-refractivity contribution >= 4 is 11.8 Å². The van der Waals surface area contributed by atoms with Gasteiger partial charge in [0.25, 0.3) is 5.56 Å². The summed E-state index contributed by atoms with van der Waals surface area (Å²) < 4.78 is 26.9. The summed E-state index contributed by atoms with van der Waals surface area (Å²) in [5.41, 5.74) is -0.159. The average Bonchev–Trinajstić information content (AvgIpc) is 2.64. The molecule has 1 atom stereocenters. The first-order valence-electron chi connectivity index (χ1n) is 9.06. The smallest absolute Gasteiger partial charge is 0.317 e. The molecule has 0 aromatic carbocycles. The first kappa shape index (κ1) is 18.6. The third-order valence-electron chi connectivity index (χ3n) is 5.23. The number of amides is 2. The van der Waals surface area contributed by atoms with Crippen LogP contribution in [0.15, 0.2) is 17.2 Å².